The van der Waals surface area contributed by atoms with Gasteiger partial charge >= 0.3 is 5.97 Å². The molecule has 1 fully saturated rings. The van der Waals surface area contributed by atoms with Crippen molar-refractivity contribution >= 4 is 5.97 Å². The molecule has 0 saturated heterocycles. The number of ether oxygens (including phenoxy) is 1. The number of rotatable bonds is 6. The Morgan fingerprint density at radius 1 is 1.32 bits per heavy atom. The SMILES string of the molecule is COC(=O)[C@@H](NCc1ccc(C2CC2)cc1)C(C)C. The molecule has 1 aliphatic rings. The predicted octanol–water partition coefficient (Wildman–Crippen LogP) is 2.85. The average molecular weight is 261 g/mol. The van der Waals surface area contributed by atoms with Crippen molar-refractivity contribution in [1.82, 2.24) is 5.32 Å². The van der Waals surface area contributed by atoms with Crippen molar-refractivity contribution in [2.45, 2.75) is 45.2 Å². The van der Waals surface area contributed by atoms with Crippen LogP contribution in [-0.4, -0.2) is 19.1 Å². The van der Waals surface area contributed by atoms with Crippen molar-refractivity contribution in [3.63, 3.8) is 0 Å². The van der Waals surface area contributed by atoms with Crippen molar-refractivity contribution in [2.24, 2.45) is 5.92 Å². The molecule has 0 aromatic heterocycles. The molecule has 0 unspecified atom stereocenters. The van der Waals surface area contributed by atoms with Gasteiger partial charge in [0.2, 0.25) is 0 Å². The zero-order valence-electron chi connectivity index (χ0n) is 12.0. The number of methoxy groups -OCH3 is 1. The van der Waals surface area contributed by atoms with Crippen LogP contribution in [0.15, 0.2) is 24.3 Å². The first kappa shape index (κ1) is 14.1. The number of esters is 1. The number of carbonyl (C=O) groups is 1. The highest BCUT2D eigenvalue weighted by molar-refractivity contribution is 5.75. The summed E-state index contributed by atoms with van der Waals surface area (Å²) in [6.45, 7) is 4.73. The van der Waals surface area contributed by atoms with E-state index in [-0.39, 0.29) is 17.9 Å². The number of nitrogens with one attached hydrogen (secondary N) is 1. The lowest BCUT2D eigenvalue weighted by molar-refractivity contribution is -0.144. The van der Waals surface area contributed by atoms with Crippen LogP contribution in [-0.2, 0) is 16.1 Å². The van der Waals surface area contributed by atoms with Crippen LogP contribution in [0.4, 0.5) is 0 Å². The van der Waals surface area contributed by atoms with Crippen LogP contribution in [0, 0.1) is 5.92 Å². The molecule has 1 N–H and O–H groups in total. The molecule has 0 spiro atoms. The van der Waals surface area contributed by atoms with Crippen molar-refractivity contribution in [3.8, 4) is 0 Å². The molecule has 0 bridgehead atoms. The molecule has 1 atom stereocenters. The van der Waals surface area contributed by atoms with Gasteiger partial charge in [-0.15, -0.1) is 0 Å². The normalized spacial score (nSPS) is 16.4. The van der Waals surface area contributed by atoms with Gasteiger partial charge in [0, 0.05) is 6.54 Å². The Bertz CT molecular complexity index is 421. The van der Waals surface area contributed by atoms with Crippen LogP contribution < -0.4 is 5.32 Å². The van der Waals surface area contributed by atoms with Crippen LogP contribution in [0.1, 0.15) is 43.7 Å². The van der Waals surface area contributed by atoms with Gasteiger partial charge in [0.15, 0.2) is 0 Å². The molecule has 3 nitrogen and oxygen atoms in total. The van der Waals surface area contributed by atoms with E-state index < -0.39 is 0 Å². The number of carbonyl (C=O) groups excluding carboxylic acids is 1. The fourth-order valence-electron chi connectivity index (χ4n) is 2.27. The third-order valence-electron chi connectivity index (χ3n) is 3.68. The lowest BCUT2D eigenvalue weighted by atomic mass is 10.0. The van der Waals surface area contributed by atoms with Gasteiger partial charge in [-0.25, -0.2) is 0 Å². The van der Waals surface area contributed by atoms with E-state index in [4.69, 9.17) is 4.74 Å². The van der Waals surface area contributed by atoms with Crippen molar-refractivity contribution in [2.75, 3.05) is 7.11 Å². The maximum absolute atomic E-state index is 11.6. The second-order valence-electron chi connectivity index (χ2n) is 5.64. The van der Waals surface area contributed by atoms with E-state index in [1.165, 1.54) is 31.1 Å². The van der Waals surface area contributed by atoms with Crippen LogP contribution in [0.25, 0.3) is 0 Å². The van der Waals surface area contributed by atoms with Gasteiger partial charge in [-0.2, -0.15) is 0 Å². The first-order chi connectivity index (χ1) is 9.11. The minimum atomic E-state index is -0.242. The van der Waals surface area contributed by atoms with Gasteiger partial charge in [-0.1, -0.05) is 38.1 Å². The van der Waals surface area contributed by atoms with Gasteiger partial charge in [0.05, 0.1) is 7.11 Å². The molecule has 104 valence electrons. The van der Waals surface area contributed by atoms with Gasteiger partial charge in [-0.05, 0) is 35.8 Å². The summed E-state index contributed by atoms with van der Waals surface area (Å²) in [6, 6.07) is 8.46. The lowest BCUT2D eigenvalue weighted by Gasteiger charge is -2.19. The topological polar surface area (TPSA) is 38.3 Å². The summed E-state index contributed by atoms with van der Waals surface area (Å²) in [7, 11) is 1.43. The third kappa shape index (κ3) is 3.80. The summed E-state index contributed by atoms with van der Waals surface area (Å²) < 4.78 is 4.82. The molecular weight excluding hydrogens is 238 g/mol. The standard InChI is InChI=1S/C16H23NO2/c1-11(2)15(16(18)19-3)17-10-12-4-6-13(7-5-12)14-8-9-14/h4-7,11,14-15,17H,8-10H2,1-3H3/t15-/m0/s1. The molecule has 1 aromatic carbocycles. The minimum Gasteiger partial charge on any atom is -0.468 e. The Hall–Kier alpha value is -1.35. The number of benzene rings is 1. The molecule has 0 radical (unpaired) electrons. The van der Waals surface area contributed by atoms with Crippen LogP contribution in [0.3, 0.4) is 0 Å². The highest BCUT2D eigenvalue weighted by atomic mass is 16.5. The van der Waals surface area contributed by atoms with E-state index in [1.807, 2.05) is 13.8 Å². The summed E-state index contributed by atoms with van der Waals surface area (Å²) in [6.07, 6.45) is 2.66. The highest BCUT2D eigenvalue weighted by Crippen LogP contribution is 2.39. The Kier molecular flexibility index (Phi) is 4.59. The zero-order chi connectivity index (χ0) is 13.8. The van der Waals surface area contributed by atoms with E-state index in [0.29, 0.717) is 6.54 Å². The largest absolute Gasteiger partial charge is 0.468 e. The monoisotopic (exact) mass is 261 g/mol. The smallest absolute Gasteiger partial charge is 0.323 e. The molecule has 19 heavy (non-hydrogen) atoms. The maximum atomic E-state index is 11.6. The van der Waals surface area contributed by atoms with Crippen molar-refractivity contribution in [1.29, 1.82) is 0 Å². The number of hydrogen-bond donors (Lipinski definition) is 1. The van der Waals surface area contributed by atoms with Crippen molar-refractivity contribution < 1.29 is 9.53 Å². The van der Waals surface area contributed by atoms with E-state index >= 15 is 0 Å². The molecule has 2 rings (SSSR count). The second-order valence-corrected chi connectivity index (χ2v) is 5.64. The molecule has 0 amide bonds. The molecule has 1 aromatic rings. The average Bonchev–Trinajstić information content (AvgIpc) is 3.23. The quantitative estimate of drug-likeness (QED) is 0.800. The van der Waals surface area contributed by atoms with Crippen molar-refractivity contribution in [3.05, 3.63) is 35.4 Å². The third-order valence-corrected chi connectivity index (χ3v) is 3.68. The maximum Gasteiger partial charge on any atom is 0.323 e. The van der Waals surface area contributed by atoms with E-state index in [1.54, 1.807) is 0 Å². The van der Waals surface area contributed by atoms with Gasteiger partial charge < -0.3 is 10.1 Å². The van der Waals surface area contributed by atoms with E-state index in [9.17, 15) is 4.79 Å². The Morgan fingerprint density at radius 3 is 2.42 bits per heavy atom. The first-order valence-electron chi connectivity index (χ1n) is 7.02. The summed E-state index contributed by atoms with van der Waals surface area (Å²) in [5, 5.41) is 3.28. The Morgan fingerprint density at radius 2 is 1.95 bits per heavy atom. The summed E-state index contributed by atoms with van der Waals surface area (Å²) >= 11 is 0. The van der Waals surface area contributed by atoms with Gasteiger partial charge in [-0.3, -0.25) is 4.79 Å². The highest BCUT2D eigenvalue weighted by Gasteiger charge is 2.24. The van der Waals surface area contributed by atoms with Crippen LogP contribution in [0.5, 0.6) is 0 Å². The molecule has 0 aliphatic heterocycles. The van der Waals surface area contributed by atoms with E-state index in [2.05, 4.69) is 29.6 Å². The zero-order valence-corrected chi connectivity index (χ0v) is 12.0. The van der Waals surface area contributed by atoms with Gasteiger partial charge in [0.25, 0.3) is 0 Å². The molecule has 1 saturated carbocycles. The Labute approximate surface area is 115 Å². The molecular formula is C16H23NO2. The molecule has 0 heterocycles. The molecule has 3 heteroatoms. The summed E-state index contributed by atoms with van der Waals surface area (Å²) in [5.41, 5.74) is 2.65. The minimum absolute atomic E-state index is 0.190. The second kappa shape index (κ2) is 6.20. The fourth-order valence-corrected chi connectivity index (χ4v) is 2.27. The van der Waals surface area contributed by atoms with Crippen LogP contribution in [0.2, 0.25) is 0 Å². The van der Waals surface area contributed by atoms with Crippen LogP contribution >= 0.6 is 0 Å². The predicted molar refractivity (Wildman–Crippen MR) is 75.9 cm³/mol. The number of hydrogen-bond acceptors (Lipinski definition) is 3. The van der Waals surface area contributed by atoms with Gasteiger partial charge in [0.1, 0.15) is 6.04 Å². The fraction of sp³-hybridized carbons (Fsp3) is 0.562. The Balaban J connectivity index is 1.90. The summed E-state index contributed by atoms with van der Waals surface area (Å²) in [5.74, 6) is 0.822. The lowest BCUT2D eigenvalue weighted by Crippen LogP contribution is -2.41. The molecule has 1 aliphatic carbocycles. The first-order valence-corrected chi connectivity index (χ1v) is 7.02. The summed E-state index contributed by atoms with van der Waals surface area (Å²) in [4.78, 5) is 11.6. The van der Waals surface area contributed by atoms with E-state index in [0.717, 1.165) is 5.92 Å².